The fourth-order valence-corrected chi connectivity index (χ4v) is 4.06. The van der Waals surface area contributed by atoms with Crippen LogP contribution < -0.4 is 5.32 Å². The number of hydrogen-bond acceptors (Lipinski definition) is 4. The molecule has 1 aliphatic carbocycles. The highest BCUT2D eigenvalue weighted by Crippen LogP contribution is 2.44. The molecular weight excluding hydrogens is 421 g/mol. The van der Waals surface area contributed by atoms with Gasteiger partial charge in [-0.25, -0.2) is 14.0 Å². The first-order valence-electron chi connectivity index (χ1n) is 10.7. The highest BCUT2D eigenvalue weighted by molar-refractivity contribution is 5.90. The summed E-state index contributed by atoms with van der Waals surface area (Å²) < 4.78 is 24.4. The minimum Gasteiger partial charge on any atom is -0.465 e. The van der Waals surface area contributed by atoms with Crippen LogP contribution >= 0.6 is 0 Å². The van der Waals surface area contributed by atoms with Crippen LogP contribution in [0.1, 0.15) is 39.4 Å². The molecule has 0 fully saturated rings. The summed E-state index contributed by atoms with van der Waals surface area (Å²) in [6, 6.07) is 20.8. The van der Waals surface area contributed by atoms with Crippen molar-refractivity contribution >= 4 is 18.1 Å². The van der Waals surface area contributed by atoms with Gasteiger partial charge in [0, 0.05) is 18.0 Å². The normalized spacial score (nSPS) is 12.3. The molecule has 0 unspecified atom stereocenters. The molecule has 33 heavy (non-hydrogen) atoms. The Balaban J connectivity index is 1.28. The van der Waals surface area contributed by atoms with Crippen molar-refractivity contribution in [3.63, 3.8) is 0 Å². The highest BCUT2D eigenvalue weighted by Gasteiger charge is 2.28. The van der Waals surface area contributed by atoms with Gasteiger partial charge in [0.2, 0.25) is 0 Å². The van der Waals surface area contributed by atoms with Crippen molar-refractivity contribution in [2.75, 3.05) is 20.3 Å². The molecule has 0 saturated carbocycles. The predicted octanol–water partition coefficient (Wildman–Crippen LogP) is 5.55. The molecule has 0 aromatic heterocycles. The number of halogens is 1. The van der Waals surface area contributed by atoms with Crippen LogP contribution in [0.5, 0.6) is 0 Å². The van der Waals surface area contributed by atoms with Crippen LogP contribution in [0.4, 0.5) is 9.18 Å². The fraction of sp³-hybridized carbons (Fsp3) is 0.185. The van der Waals surface area contributed by atoms with Crippen molar-refractivity contribution in [3.05, 3.63) is 101 Å². The monoisotopic (exact) mass is 445 g/mol. The summed E-state index contributed by atoms with van der Waals surface area (Å²) in [5, 5.41) is 2.71. The zero-order chi connectivity index (χ0) is 23.2. The van der Waals surface area contributed by atoms with Crippen molar-refractivity contribution in [3.8, 4) is 11.1 Å². The summed E-state index contributed by atoms with van der Waals surface area (Å²) in [5.74, 6) is -1.35. The molecule has 1 amide bonds. The maximum absolute atomic E-state index is 14.4. The van der Waals surface area contributed by atoms with Crippen LogP contribution in [0, 0.1) is 5.82 Å². The molecule has 0 saturated heterocycles. The van der Waals surface area contributed by atoms with Crippen LogP contribution in [0.25, 0.3) is 17.2 Å². The molecule has 1 aliphatic rings. The number of carbonyl (C=O) groups excluding carboxylic acids is 2. The zero-order valence-corrected chi connectivity index (χ0v) is 18.2. The Morgan fingerprint density at radius 3 is 2.30 bits per heavy atom. The second kappa shape index (κ2) is 10.1. The number of carbonyl (C=O) groups is 2. The Morgan fingerprint density at radius 2 is 1.64 bits per heavy atom. The average Bonchev–Trinajstić information content (AvgIpc) is 3.16. The Labute approximate surface area is 191 Å². The predicted molar refractivity (Wildman–Crippen MR) is 124 cm³/mol. The molecule has 1 N–H and O–H groups in total. The van der Waals surface area contributed by atoms with E-state index in [0.29, 0.717) is 13.0 Å². The lowest BCUT2D eigenvalue weighted by atomic mass is 9.98. The smallest absolute Gasteiger partial charge is 0.407 e. The molecule has 0 spiro atoms. The van der Waals surface area contributed by atoms with E-state index in [1.54, 1.807) is 24.3 Å². The second-order valence-electron chi connectivity index (χ2n) is 7.64. The van der Waals surface area contributed by atoms with Gasteiger partial charge < -0.3 is 14.8 Å². The van der Waals surface area contributed by atoms with Crippen molar-refractivity contribution in [2.24, 2.45) is 0 Å². The van der Waals surface area contributed by atoms with Gasteiger partial charge in [-0.2, -0.15) is 0 Å². The lowest BCUT2D eigenvalue weighted by molar-refractivity contribution is 0.0595. The van der Waals surface area contributed by atoms with Crippen molar-refractivity contribution < 1.29 is 23.5 Å². The van der Waals surface area contributed by atoms with E-state index in [4.69, 9.17) is 4.74 Å². The summed E-state index contributed by atoms with van der Waals surface area (Å²) in [7, 11) is 1.21. The van der Waals surface area contributed by atoms with E-state index in [9.17, 15) is 14.0 Å². The average molecular weight is 445 g/mol. The third kappa shape index (κ3) is 4.80. The van der Waals surface area contributed by atoms with Gasteiger partial charge in [-0.3, -0.25) is 0 Å². The molecule has 6 heteroatoms. The van der Waals surface area contributed by atoms with Crippen molar-refractivity contribution in [2.45, 2.75) is 12.3 Å². The Hall–Kier alpha value is -3.93. The number of methoxy groups -OCH3 is 1. The number of ether oxygens (including phenoxy) is 2. The van der Waals surface area contributed by atoms with Gasteiger partial charge in [0.15, 0.2) is 0 Å². The molecule has 0 aliphatic heterocycles. The maximum atomic E-state index is 14.4. The number of amides is 1. The van der Waals surface area contributed by atoms with Gasteiger partial charge >= 0.3 is 12.1 Å². The summed E-state index contributed by atoms with van der Waals surface area (Å²) in [6.07, 6.45) is 3.28. The topological polar surface area (TPSA) is 64.6 Å². The molecule has 0 atom stereocenters. The molecule has 0 radical (unpaired) electrons. The zero-order valence-electron chi connectivity index (χ0n) is 18.2. The lowest BCUT2D eigenvalue weighted by Crippen LogP contribution is -2.26. The number of fused-ring (bicyclic) bond motifs is 3. The van der Waals surface area contributed by atoms with Gasteiger partial charge in [0.05, 0.1) is 12.7 Å². The highest BCUT2D eigenvalue weighted by atomic mass is 19.1. The first-order valence-corrected chi connectivity index (χ1v) is 10.7. The second-order valence-corrected chi connectivity index (χ2v) is 7.64. The van der Waals surface area contributed by atoms with Crippen LogP contribution in [0.15, 0.2) is 72.8 Å². The largest absolute Gasteiger partial charge is 0.465 e. The van der Waals surface area contributed by atoms with E-state index < -0.39 is 17.9 Å². The number of rotatable bonds is 7. The van der Waals surface area contributed by atoms with E-state index in [0.717, 1.165) is 11.1 Å². The van der Waals surface area contributed by atoms with Gasteiger partial charge in [-0.15, -0.1) is 0 Å². The Bertz CT molecular complexity index is 1160. The number of alkyl carbamates (subject to hydrolysis) is 1. The molecule has 168 valence electrons. The number of esters is 1. The fourth-order valence-electron chi connectivity index (χ4n) is 4.06. The van der Waals surface area contributed by atoms with Gasteiger partial charge in [-0.05, 0) is 34.7 Å². The third-order valence-electron chi connectivity index (χ3n) is 5.66. The Kier molecular flexibility index (Phi) is 6.83. The van der Waals surface area contributed by atoms with Crippen LogP contribution in [0.2, 0.25) is 0 Å². The van der Waals surface area contributed by atoms with Crippen LogP contribution in [0.3, 0.4) is 0 Å². The van der Waals surface area contributed by atoms with E-state index in [1.807, 2.05) is 24.3 Å². The van der Waals surface area contributed by atoms with Crippen molar-refractivity contribution in [1.82, 2.24) is 5.32 Å². The minimum atomic E-state index is -0.723. The molecule has 3 aromatic carbocycles. The van der Waals surface area contributed by atoms with Gasteiger partial charge in [0.25, 0.3) is 0 Å². The molecule has 0 bridgehead atoms. The van der Waals surface area contributed by atoms with Crippen LogP contribution in [-0.2, 0) is 9.47 Å². The Morgan fingerprint density at radius 1 is 0.970 bits per heavy atom. The van der Waals surface area contributed by atoms with E-state index in [1.165, 1.54) is 24.3 Å². The van der Waals surface area contributed by atoms with E-state index in [-0.39, 0.29) is 23.7 Å². The number of benzene rings is 3. The molecular formula is C27H24FNO4. The first-order chi connectivity index (χ1) is 16.1. The SMILES string of the molecule is COC(=O)c1cccc(C=CCCNC(=O)OCC2c3ccccc3-c3ccccc32)c1F. The van der Waals surface area contributed by atoms with Gasteiger partial charge in [-0.1, -0.05) is 72.8 Å². The third-order valence-corrected chi connectivity index (χ3v) is 5.66. The summed E-state index contributed by atoms with van der Waals surface area (Å²) in [5.41, 5.74) is 4.83. The summed E-state index contributed by atoms with van der Waals surface area (Å²) in [6.45, 7) is 0.590. The quantitative estimate of drug-likeness (QED) is 0.382. The van der Waals surface area contributed by atoms with E-state index in [2.05, 4.69) is 34.3 Å². The van der Waals surface area contributed by atoms with Gasteiger partial charge in [0.1, 0.15) is 12.4 Å². The lowest BCUT2D eigenvalue weighted by Gasteiger charge is -2.14. The summed E-state index contributed by atoms with van der Waals surface area (Å²) >= 11 is 0. The molecule has 3 aromatic rings. The first kappa shape index (κ1) is 22.3. The molecule has 0 heterocycles. The van der Waals surface area contributed by atoms with Crippen LogP contribution in [-0.4, -0.2) is 32.3 Å². The number of hydrogen-bond donors (Lipinski definition) is 1. The minimum absolute atomic E-state index is 0.00751. The molecule has 5 nitrogen and oxygen atoms in total. The van der Waals surface area contributed by atoms with Crippen molar-refractivity contribution in [1.29, 1.82) is 0 Å². The number of nitrogens with one attached hydrogen (secondary N) is 1. The standard InChI is InChI=1S/C27H24FNO4/c1-32-26(30)23-15-8-10-18(25(23)28)9-6-7-16-29-27(31)33-17-24-21-13-4-2-11-19(21)20-12-3-5-14-22(20)24/h2-6,8-15,24H,7,16-17H2,1H3,(H,29,31). The maximum Gasteiger partial charge on any atom is 0.407 e. The summed E-state index contributed by atoms with van der Waals surface area (Å²) in [4.78, 5) is 23.8. The molecule has 4 rings (SSSR count). The van der Waals surface area contributed by atoms with E-state index >= 15 is 0 Å².